The molecule has 37 heavy (non-hydrogen) atoms. The molecule has 0 aliphatic carbocycles. The molecule has 1 unspecified atom stereocenters. The quantitative estimate of drug-likeness (QED) is 0.120. The molecule has 1 aliphatic rings. The molecule has 5 rings (SSSR count). The Morgan fingerprint density at radius 1 is 1.14 bits per heavy atom. The number of aliphatic hydroxyl groups is 1. The Hall–Kier alpha value is -3.75. The van der Waals surface area contributed by atoms with Crippen molar-refractivity contribution in [2.75, 3.05) is 11.5 Å². The summed E-state index contributed by atoms with van der Waals surface area (Å²) >= 11 is 7.36. The van der Waals surface area contributed by atoms with E-state index in [-0.39, 0.29) is 11.1 Å². The van der Waals surface area contributed by atoms with Crippen molar-refractivity contribution in [2.24, 2.45) is 0 Å². The van der Waals surface area contributed by atoms with Crippen LogP contribution in [0.2, 0.25) is 5.02 Å². The summed E-state index contributed by atoms with van der Waals surface area (Å²) < 4.78 is 20.1. The number of halogens is 2. The van der Waals surface area contributed by atoms with E-state index >= 15 is 0 Å². The molecule has 1 aliphatic heterocycles. The maximum atomic E-state index is 13.5. The topological polar surface area (TPSA) is 79.7 Å². The highest BCUT2D eigenvalue weighted by atomic mass is 35.5. The molecule has 6 nitrogen and oxygen atoms in total. The number of fused-ring (bicyclic) bond motifs is 1. The highest BCUT2D eigenvalue weighted by Crippen LogP contribution is 2.45. The lowest BCUT2D eigenvalue weighted by Crippen LogP contribution is -2.29. The highest BCUT2D eigenvalue weighted by Gasteiger charge is 2.48. The van der Waals surface area contributed by atoms with Crippen LogP contribution in [-0.2, 0) is 9.59 Å². The van der Waals surface area contributed by atoms with Gasteiger partial charge in [0.2, 0.25) is 0 Å². The number of thiazole rings is 1. The number of Topliss-reactive ketones (excluding diaryl/α,β-unsaturated/α-hetero) is 1. The van der Waals surface area contributed by atoms with Crippen molar-refractivity contribution in [3.05, 3.63) is 94.3 Å². The van der Waals surface area contributed by atoms with Crippen LogP contribution in [0.5, 0.6) is 5.75 Å². The number of aromatic nitrogens is 1. The second kappa shape index (κ2) is 10.3. The van der Waals surface area contributed by atoms with E-state index in [4.69, 9.17) is 16.3 Å². The third-order valence-electron chi connectivity index (χ3n) is 6.05. The zero-order chi connectivity index (χ0) is 26.1. The van der Waals surface area contributed by atoms with Gasteiger partial charge in [-0.05, 0) is 66.6 Å². The van der Waals surface area contributed by atoms with Gasteiger partial charge >= 0.3 is 5.91 Å². The lowest BCUT2D eigenvalue weighted by molar-refractivity contribution is -0.132. The number of anilines is 1. The molecule has 1 atom stereocenters. The zero-order valence-corrected chi connectivity index (χ0v) is 21.4. The van der Waals surface area contributed by atoms with E-state index < -0.39 is 29.3 Å². The average molecular weight is 537 g/mol. The Bertz CT molecular complexity index is 1530. The summed E-state index contributed by atoms with van der Waals surface area (Å²) in [5, 5.41) is 12.0. The van der Waals surface area contributed by atoms with Crippen LogP contribution in [0, 0.1) is 5.82 Å². The molecule has 0 spiro atoms. The number of unbranched alkanes of at least 4 members (excludes halogenated alkanes) is 1. The first-order valence-electron chi connectivity index (χ1n) is 11.7. The Labute approximate surface area is 221 Å². The van der Waals surface area contributed by atoms with E-state index in [1.165, 1.54) is 40.5 Å². The van der Waals surface area contributed by atoms with Crippen molar-refractivity contribution in [3.8, 4) is 5.75 Å². The molecule has 188 valence electrons. The lowest BCUT2D eigenvalue weighted by Gasteiger charge is -2.23. The number of carbonyl (C=O) groups excluding carboxylic acids is 2. The molecule has 1 amide bonds. The van der Waals surface area contributed by atoms with Gasteiger partial charge in [-0.1, -0.05) is 48.4 Å². The number of ether oxygens (including phenoxy) is 1. The normalized spacial score (nSPS) is 17.1. The molecule has 0 saturated carbocycles. The maximum Gasteiger partial charge on any atom is 0.301 e. The third-order valence-corrected chi connectivity index (χ3v) is 7.30. The number of hydrogen-bond acceptors (Lipinski definition) is 6. The molecule has 2 heterocycles. The SMILES string of the molecule is CCCCOc1cccc(C2/C(=C(\O)c3ccc(F)cc3)C(=O)C(=O)N2c2nc3ccc(Cl)cc3s2)c1. The van der Waals surface area contributed by atoms with E-state index in [1.54, 1.807) is 42.5 Å². The van der Waals surface area contributed by atoms with Gasteiger partial charge in [0, 0.05) is 10.6 Å². The van der Waals surface area contributed by atoms with Gasteiger partial charge in [0.15, 0.2) is 5.13 Å². The molecule has 9 heteroatoms. The highest BCUT2D eigenvalue weighted by molar-refractivity contribution is 7.22. The molecular weight excluding hydrogens is 515 g/mol. The van der Waals surface area contributed by atoms with Gasteiger partial charge in [-0.15, -0.1) is 0 Å². The third kappa shape index (κ3) is 4.82. The Morgan fingerprint density at radius 3 is 2.68 bits per heavy atom. The van der Waals surface area contributed by atoms with Crippen molar-refractivity contribution in [2.45, 2.75) is 25.8 Å². The minimum absolute atomic E-state index is 0.111. The Kier molecular flexibility index (Phi) is 6.95. The minimum atomic E-state index is -0.976. The molecule has 4 aromatic rings. The van der Waals surface area contributed by atoms with Crippen LogP contribution < -0.4 is 9.64 Å². The second-order valence-electron chi connectivity index (χ2n) is 8.56. The van der Waals surface area contributed by atoms with Gasteiger partial charge in [-0.3, -0.25) is 14.5 Å². The van der Waals surface area contributed by atoms with Crippen LogP contribution in [-0.4, -0.2) is 28.4 Å². The maximum absolute atomic E-state index is 13.5. The van der Waals surface area contributed by atoms with Crippen LogP contribution in [0.3, 0.4) is 0 Å². The number of amides is 1. The van der Waals surface area contributed by atoms with Gasteiger partial charge in [0.05, 0.1) is 28.4 Å². The number of hydrogen-bond donors (Lipinski definition) is 1. The smallest absolute Gasteiger partial charge is 0.301 e. The van der Waals surface area contributed by atoms with E-state index in [9.17, 15) is 19.1 Å². The summed E-state index contributed by atoms with van der Waals surface area (Å²) in [6.07, 6.45) is 1.85. The van der Waals surface area contributed by atoms with Crippen molar-refractivity contribution in [3.63, 3.8) is 0 Å². The summed E-state index contributed by atoms with van der Waals surface area (Å²) in [5.74, 6) is -1.99. The molecule has 3 aromatic carbocycles. The number of carbonyl (C=O) groups is 2. The predicted molar refractivity (Wildman–Crippen MR) is 143 cm³/mol. The fraction of sp³-hybridized carbons (Fsp3) is 0.179. The van der Waals surface area contributed by atoms with E-state index in [0.29, 0.717) is 33.6 Å². The van der Waals surface area contributed by atoms with Crippen LogP contribution in [0.1, 0.15) is 36.9 Å². The number of rotatable bonds is 7. The van der Waals surface area contributed by atoms with E-state index in [1.807, 2.05) is 0 Å². The number of nitrogens with zero attached hydrogens (tertiary/aromatic N) is 2. The van der Waals surface area contributed by atoms with Gasteiger partial charge < -0.3 is 9.84 Å². The van der Waals surface area contributed by atoms with Crippen LogP contribution >= 0.6 is 22.9 Å². The molecular formula is C28H22ClFN2O4S. The summed E-state index contributed by atoms with van der Waals surface area (Å²) in [4.78, 5) is 32.6. The number of benzene rings is 3. The lowest BCUT2D eigenvalue weighted by atomic mass is 9.95. The number of ketones is 1. The minimum Gasteiger partial charge on any atom is -0.507 e. The standard InChI is InChI=1S/C28H22ClFN2O4S/c1-2-3-13-36-20-6-4-5-17(14-20)24-23(25(33)16-7-10-19(30)11-8-16)26(34)27(35)32(24)28-31-21-12-9-18(29)15-22(21)37-28/h4-12,14-15,24,33H,2-3,13H2,1H3/b25-23+. The van der Waals surface area contributed by atoms with Gasteiger partial charge in [-0.2, -0.15) is 0 Å². The first kappa shape index (κ1) is 24.9. The largest absolute Gasteiger partial charge is 0.507 e. The van der Waals surface area contributed by atoms with Gasteiger partial charge in [-0.25, -0.2) is 9.37 Å². The number of aliphatic hydroxyl groups excluding tert-OH is 1. The Balaban J connectivity index is 1.67. The Morgan fingerprint density at radius 2 is 1.92 bits per heavy atom. The fourth-order valence-corrected chi connectivity index (χ4v) is 5.47. The van der Waals surface area contributed by atoms with Crippen molar-refractivity contribution in [1.29, 1.82) is 0 Å². The second-order valence-corrected chi connectivity index (χ2v) is 10.0. The molecule has 0 radical (unpaired) electrons. The van der Waals surface area contributed by atoms with Gasteiger partial charge in [0.25, 0.3) is 5.78 Å². The molecule has 1 aromatic heterocycles. The summed E-state index contributed by atoms with van der Waals surface area (Å²) in [6, 6.07) is 16.4. The molecule has 1 fully saturated rings. The van der Waals surface area contributed by atoms with Crippen LogP contribution in [0.4, 0.5) is 9.52 Å². The van der Waals surface area contributed by atoms with Crippen molar-refractivity contribution in [1.82, 2.24) is 4.98 Å². The molecule has 0 bridgehead atoms. The summed E-state index contributed by atoms with van der Waals surface area (Å²) in [6.45, 7) is 2.59. The van der Waals surface area contributed by atoms with Crippen molar-refractivity contribution < 1.29 is 23.8 Å². The van der Waals surface area contributed by atoms with E-state index in [2.05, 4.69) is 11.9 Å². The van der Waals surface area contributed by atoms with Crippen LogP contribution in [0.15, 0.2) is 72.3 Å². The van der Waals surface area contributed by atoms with E-state index in [0.717, 1.165) is 17.5 Å². The van der Waals surface area contributed by atoms with Gasteiger partial charge in [0.1, 0.15) is 17.3 Å². The monoisotopic (exact) mass is 536 g/mol. The fourth-order valence-electron chi connectivity index (χ4n) is 4.21. The zero-order valence-electron chi connectivity index (χ0n) is 19.8. The first-order chi connectivity index (χ1) is 17.9. The molecule has 1 N–H and O–H groups in total. The van der Waals surface area contributed by atoms with Crippen LogP contribution in [0.25, 0.3) is 16.0 Å². The summed E-state index contributed by atoms with van der Waals surface area (Å²) in [5.41, 5.74) is 1.30. The van der Waals surface area contributed by atoms with Crippen molar-refractivity contribution >= 4 is 55.7 Å². The first-order valence-corrected chi connectivity index (χ1v) is 12.9. The predicted octanol–water partition coefficient (Wildman–Crippen LogP) is 6.89. The molecule has 1 saturated heterocycles. The average Bonchev–Trinajstić information content (AvgIpc) is 3.42. The summed E-state index contributed by atoms with van der Waals surface area (Å²) in [7, 11) is 0.